The topological polar surface area (TPSA) is 57.0 Å². The summed E-state index contributed by atoms with van der Waals surface area (Å²) in [5.41, 5.74) is 12.4. The highest BCUT2D eigenvalue weighted by Gasteiger charge is 2.04. The standard InChI is InChI=1S/C7H9N3S/c1-10-4-2-7(9)11-5(4)3-6(10)8/h2-3H,8-9H2,1H3. The van der Waals surface area contributed by atoms with Crippen LogP contribution in [0.2, 0.25) is 0 Å². The van der Waals surface area contributed by atoms with Crippen LogP contribution in [0.1, 0.15) is 0 Å². The Kier molecular flexibility index (Phi) is 1.14. The molecule has 4 N–H and O–H groups in total. The summed E-state index contributed by atoms with van der Waals surface area (Å²) in [6, 6.07) is 3.88. The van der Waals surface area contributed by atoms with Crippen LogP contribution in [0, 0.1) is 0 Å². The maximum Gasteiger partial charge on any atom is 0.104 e. The fourth-order valence-electron chi connectivity index (χ4n) is 1.15. The number of hydrogen-bond acceptors (Lipinski definition) is 3. The lowest BCUT2D eigenvalue weighted by Crippen LogP contribution is -1.94. The van der Waals surface area contributed by atoms with Crippen LogP contribution in [0.4, 0.5) is 10.8 Å². The Morgan fingerprint density at radius 1 is 1.36 bits per heavy atom. The van der Waals surface area contributed by atoms with Gasteiger partial charge in [0.25, 0.3) is 0 Å². The molecule has 0 atom stereocenters. The van der Waals surface area contributed by atoms with Crippen molar-refractivity contribution in [2.75, 3.05) is 11.5 Å². The summed E-state index contributed by atoms with van der Waals surface area (Å²) in [7, 11) is 1.93. The SMILES string of the molecule is Cn1c(N)cc2sc(N)cc21. The molecule has 0 fully saturated rings. The molecule has 0 aromatic carbocycles. The third-order valence-corrected chi connectivity index (χ3v) is 2.69. The monoisotopic (exact) mass is 167 g/mol. The molecule has 2 heterocycles. The molecular weight excluding hydrogens is 158 g/mol. The van der Waals surface area contributed by atoms with E-state index in [1.807, 2.05) is 23.7 Å². The van der Waals surface area contributed by atoms with Gasteiger partial charge >= 0.3 is 0 Å². The van der Waals surface area contributed by atoms with E-state index < -0.39 is 0 Å². The van der Waals surface area contributed by atoms with Crippen molar-refractivity contribution in [3.05, 3.63) is 12.1 Å². The molecule has 2 rings (SSSR count). The van der Waals surface area contributed by atoms with Crippen LogP contribution in [0.25, 0.3) is 10.2 Å². The van der Waals surface area contributed by atoms with Crippen molar-refractivity contribution < 1.29 is 0 Å². The lowest BCUT2D eigenvalue weighted by atomic mass is 10.5. The molecule has 0 radical (unpaired) electrons. The molecule has 0 spiro atoms. The van der Waals surface area contributed by atoms with Gasteiger partial charge in [0, 0.05) is 7.05 Å². The van der Waals surface area contributed by atoms with Gasteiger partial charge in [0.1, 0.15) is 5.82 Å². The molecule has 11 heavy (non-hydrogen) atoms. The number of anilines is 2. The van der Waals surface area contributed by atoms with Gasteiger partial charge in [0.2, 0.25) is 0 Å². The number of rotatable bonds is 0. The Hall–Kier alpha value is -1.16. The summed E-state index contributed by atoms with van der Waals surface area (Å²) in [5, 5.41) is 0.839. The maximum absolute atomic E-state index is 5.68. The molecule has 0 unspecified atom stereocenters. The molecule has 0 aliphatic carbocycles. The first-order valence-corrected chi connectivity index (χ1v) is 4.10. The molecule has 0 bridgehead atoms. The first-order chi connectivity index (χ1) is 5.18. The minimum atomic E-state index is 0.784. The number of thiophene rings is 1. The fraction of sp³-hybridized carbons (Fsp3) is 0.143. The van der Waals surface area contributed by atoms with E-state index >= 15 is 0 Å². The van der Waals surface area contributed by atoms with Crippen LogP contribution in [-0.4, -0.2) is 4.57 Å². The molecule has 0 saturated heterocycles. The molecule has 0 aliphatic rings. The van der Waals surface area contributed by atoms with Crippen LogP contribution in [0.15, 0.2) is 12.1 Å². The molecule has 0 aliphatic heterocycles. The number of nitrogens with two attached hydrogens (primary N) is 2. The zero-order valence-electron chi connectivity index (χ0n) is 6.16. The zero-order valence-corrected chi connectivity index (χ0v) is 6.98. The van der Waals surface area contributed by atoms with E-state index in [1.165, 1.54) is 0 Å². The second-order valence-corrected chi connectivity index (χ2v) is 3.64. The highest BCUT2D eigenvalue weighted by atomic mass is 32.1. The summed E-state index contributed by atoms with van der Waals surface area (Å²) in [6.07, 6.45) is 0. The zero-order chi connectivity index (χ0) is 8.01. The van der Waals surface area contributed by atoms with E-state index in [0.717, 1.165) is 21.0 Å². The minimum Gasteiger partial charge on any atom is -0.391 e. The van der Waals surface area contributed by atoms with Crippen molar-refractivity contribution in [3.8, 4) is 0 Å². The fourth-order valence-corrected chi connectivity index (χ4v) is 2.05. The number of nitrogens with zero attached hydrogens (tertiary/aromatic N) is 1. The van der Waals surface area contributed by atoms with Gasteiger partial charge in [-0.25, -0.2) is 0 Å². The predicted octanol–water partition coefficient (Wildman–Crippen LogP) is 1.40. The Morgan fingerprint density at radius 3 is 2.73 bits per heavy atom. The van der Waals surface area contributed by atoms with Gasteiger partial charge < -0.3 is 16.0 Å². The van der Waals surface area contributed by atoms with Gasteiger partial charge in [0.15, 0.2) is 0 Å². The number of nitrogen functional groups attached to an aromatic ring is 2. The van der Waals surface area contributed by atoms with E-state index in [4.69, 9.17) is 11.5 Å². The van der Waals surface area contributed by atoms with E-state index in [2.05, 4.69) is 0 Å². The van der Waals surface area contributed by atoms with E-state index in [0.29, 0.717) is 0 Å². The van der Waals surface area contributed by atoms with Gasteiger partial charge in [0.05, 0.1) is 15.2 Å². The molecule has 2 aromatic rings. The summed E-state index contributed by atoms with van der Waals surface area (Å²) >= 11 is 1.56. The first kappa shape index (κ1) is 6.54. The molecule has 2 aromatic heterocycles. The highest BCUT2D eigenvalue weighted by Crippen LogP contribution is 2.30. The number of aryl methyl sites for hydroxylation is 1. The summed E-state index contributed by atoms with van der Waals surface area (Å²) < 4.78 is 3.09. The van der Waals surface area contributed by atoms with Crippen molar-refractivity contribution in [2.24, 2.45) is 7.05 Å². The number of hydrogen-bond donors (Lipinski definition) is 2. The molecule has 4 heteroatoms. The van der Waals surface area contributed by atoms with Crippen LogP contribution < -0.4 is 11.5 Å². The van der Waals surface area contributed by atoms with Crippen LogP contribution in [-0.2, 0) is 7.05 Å². The number of fused-ring (bicyclic) bond motifs is 1. The normalized spacial score (nSPS) is 11.0. The quantitative estimate of drug-likeness (QED) is 0.623. The average Bonchev–Trinajstić information content (AvgIpc) is 2.37. The van der Waals surface area contributed by atoms with Crippen LogP contribution in [0.3, 0.4) is 0 Å². The largest absolute Gasteiger partial charge is 0.391 e. The Balaban J connectivity index is 2.88. The van der Waals surface area contributed by atoms with Gasteiger partial charge in [-0.3, -0.25) is 0 Å². The summed E-state index contributed by atoms with van der Waals surface area (Å²) in [6.45, 7) is 0. The lowest BCUT2D eigenvalue weighted by Gasteiger charge is -1.94. The smallest absolute Gasteiger partial charge is 0.104 e. The molecule has 0 saturated carbocycles. The van der Waals surface area contributed by atoms with Gasteiger partial charge in [-0.2, -0.15) is 0 Å². The minimum absolute atomic E-state index is 0.784. The molecule has 3 nitrogen and oxygen atoms in total. The van der Waals surface area contributed by atoms with Crippen molar-refractivity contribution >= 4 is 32.4 Å². The second-order valence-electron chi connectivity index (χ2n) is 2.53. The summed E-state index contributed by atoms with van der Waals surface area (Å²) in [5.74, 6) is 0.784. The van der Waals surface area contributed by atoms with E-state index in [-0.39, 0.29) is 0 Å². The molecular formula is C7H9N3S. The van der Waals surface area contributed by atoms with E-state index in [9.17, 15) is 0 Å². The first-order valence-electron chi connectivity index (χ1n) is 3.28. The predicted molar refractivity (Wildman–Crippen MR) is 49.6 cm³/mol. The third-order valence-electron chi connectivity index (χ3n) is 1.79. The van der Waals surface area contributed by atoms with Crippen molar-refractivity contribution in [2.45, 2.75) is 0 Å². The van der Waals surface area contributed by atoms with Crippen molar-refractivity contribution in [1.82, 2.24) is 4.57 Å². The van der Waals surface area contributed by atoms with Gasteiger partial charge in [-0.1, -0.05) is 0 Å². The van der Waals surface area contributed by atoms with Gasteiger partial charge in [-0.05, 0) is 12.1 Å². The van der Waals surface area contributed by atoms with Crippen LogP contribution >= 0.6 is 11.3 Å². The lowest BCUT2D eigenvalue weighted by molar-refractivity contribution is 0.984. The van der Waals surface area contributed by atoms with Crippen molar-refractivity contribution in [1.29, 1.82) is 0 Å². The average molecular weight is 167 g/mol. The Labute approximate surface area is 68.2 Å². The molecule has 58 valence electrons. The molecule has 0 amide bonds. The summed E-state index contributed by atoms with van der Waals surface area (Å²) in [4.78, 5) is 0. The van der Waals surface area contributed by atoms with E-state index in [1.54, 1.807) is 11.3 Å². The Bertz CT molecular complexity index is 399. The van der Waals surface area contributed by atoms with Crippen LogP contribution in [0.5, 0.6) is 0 Å². The Morgan fingerprint density at radius 2 is 2.09 bits per heavy atom. The second kappa shape index (κ2) is 1.92. The van der Waals surface area contributed by atoms with Crippen molar-refractivity contribution in [3.63, 3.8) is 0 Å². The third kappa shape index (κ3) is 0.793. The number of aromatic nitrogens is 1. The highest BCUT2D eigenvalue weighted by molar-refractivity contribution is 7.22. The maximum atomic E-state index is 5.68. The van der Waals surface area contributed by atoms with Gasteiger partial charge in [-0.15, -0.1) is 11.3 Å².